The third-order valence-corrected chi connectivity index (χ3v) is 5.46. The number of urea groups is 1. The van der Waals surface area contributed by atoms with Crippen molar-refractivity contribution in [1.29, 1.82) is 5.26 Å². The number of benzene rings is 1. The number of carbonyl (C=O) groups excluding carboxylic acids is 1. The number of nitrogens with zero attached hydrogens (tertiary/aromatic N) is 4. The largest absolute Gasteiger partial charge is 0.573 e. The third-order valence-electron chi connectivity index (χ3n) is 5.46. The Morgan fingerprint density at radius 1 is 1.10 bits per heavy atom. The fourth-order valence-corrected chi connectivity index (χ4v) is 3.89. The minimum Gasteiger partial charge on any atom is -0.406 e. The van der Waals surface area contributed by atoms with E-state index in [9.17, 15) is 23.2 Å². The molecule has 2 amide bonds. The Morgan fingerprint density at radius 3 is 2.42 bits per heavy atom. The summed E-state index contributed by atoms with van der Waals surface area (Å²) in [7, 11) is 0. The number of ether oxygens (including phenoxy) is 1. The molecule has 0 radical (unpaired) electrons. The highest BCUT2D eigenvalue weighted by Crippen LogP contribution is 2.30. The molecule has 1 aromatic carbocycles. The molecule has 2 aliphatic heterocycles. The Morgan fingerprint density at radius 2 is 1.77 bits per heavy atom. The Kier molecular flexibility index (Phi) is 5.59. The van der Waals surface area contributed by atoms with Crippen LogP contribution in [0.15, 0.2) is 40.6 Å². The van der Waals surface area contributed by atoms with Gasteiger partial charge in [-0.05, 0) is 48.2 Å². The molecular formula is C21H19F3N4O3. The Balaban J connectivity index is 1.40. The Hall–Kier alpha value is -3.48. The number of hydrogen-bond donors (Lipinski definition) is 0. The van der Waals surface area contributed by atoms with Crippen LogP contribution in [-0.4, -0.2) is 47.0 Å². The van der Waals surface area contributed by atoms with Crippen LogP contribution in [0.3, 0.4) is 0 Å². The third kappa shape index (κ3) is 4.66. The van der Waals surface area contributed by atoms with E-state index in [4.69, 9.17) is 4.52 Å². The van der Waals surface area contributed by atoms with Crippen molar-refractivity contribution in [3.63, 3.8) is 0 Å². The number of piperidine rings is 1. The monoisotopic (exact) mass is 432 g/mol. The van der Waals surface area contributed by atoms with E-state index < -0.39 is 6.36 Å². The Labute approximate surface area is 176 Å². The van der Waals surface area contributed by atoms with Crippen LogP contribution in [0.25, 0.3) is 5.57 Å². The van der Waals surface area contributed by atoms with Gasteiger partial charge in [0.05, 0.1) is 23.9 Å². The molecule has 1 saturated heterocycles. The van der Waals surface area contributed by atoms with E-state index in [1.165, 1.54) is 24.3 Å². The van der Waals surface area contributed by atoms with Crippen molar-refractivity contribution < 1.29 is 27.2 Å². The zero-order valence-corrected chi connectivity index (χ0v) is 16.5. The summed E-state index contributed by atoms with van der Waals surface area (Å²) in [5.74, 6) is -0.337. The van der Waals surface area contributed by atoms with Crippen LogP contribution in [0.2, 0.25) is 0 Å². The van der Waals surface area contributed by atoms with Crippen LogP contribution in [0, 0.1) is 11.3 Å². The second kappa shape index (κ2) is 8.34. The van der Waals surface area contributed by atoms with Crippen molar-refractivity contribution in [3.05, 3.63) is 52.9 Å². The molecule has 1 fully saturated rings. The fraction of sp³-hybridized carbons (Fsp3) is 0.381. The van der Waals surface area contributed by atoms with Crippen molar-refractivity contribution in [2.45, 2.75) is 32.2 Å². The van der Waals surface area contributed by atoms with Crippen LogP contribution in [-0.2, 0) is 13.0 Å². The van der Waals surface area contributed by atoms with Gasteiger partial charge in [0.25, 0.3) is 0 Å². The van der Waals surface area contributed by atoms with Gasteiger partial charge in [-0.15, -0.1) is 13.2 Å². The molecule has 0 spiro atoms. The predicted molar refractivity (Wildman–Crippen MR) is 102 cm³/mol. The first-order chi connectivity index (χ1) is 14.8. The van der Waals surface area contributed by atoms with E-state index >= 15 is 0 Å². The van der Waals surface area contributed by atoms with Crippen LogP contribution in [0.1, 0.15) is 29.7 Å². The maximum Gasteiger partial charge on any atom is 0.573 e. The molecule has 0 bridgehead atoms. The normalized spacial score (nSPS) is 16.5. The van der Waals surface area contributed by atoms with Gasteiger partial charge in [0.2, 0.25) is 0 Å². The highest BCUT2D eigenvalue weighted by Gasteiger charge is 2.31. The molecule has 31 heavy (non-hydrogen) atoms. The van der Waals surface area contributed by atoms with E-state index in [0.717, 1.165) is 16.8 Å². The first-order valence-electron chi connectivity index (χ1n) is 9.78. The maximum absolute atomic E-state index is 12.9. The summed E-state index contributed by atoms with van der Waals surface area (Å²) in [5.41, 5.74) is 3.65. The molecule has 162 valence electrons. The second-order valence-electron chi connectivity index (χ2n) is 7.39. The SMILES string of the molecule is N#CC(=C1CCN(C(=O)N2CCc3nocc3C2)CC1)c1ccc(OC(F)(F)F)cc1. The number of nitriles is 1. The van der Waals surface area contributed by atoms with Gasteiger partial charge in [0.1, 0.15) is 12.0 Å². The number of allylic oxidation sites excluding steroid dienone is 1. The summed E-state index contributed by atoms with van der Waals surface area (Å²) >= 11 is 0. The molecule has 1 aromatic heterocycles. The maximum atomic E-state index is 12.9. The molecule has 3 heterocycles. The molecule has 0 N–H and O–H groups in total. The van der Waals surface area contributed by atoms with Crippen molar-refractivity contribution in [3.8, 4) is 11.8 Å². The van der Waals surface area contributed by atoms with Crippen molar-refractivity contribution in [2.24, 2.45) is 0 Å². The highest BCUT2D eigenvalue weighted by molar-refractivity contribution is 5.80. The van der Waals surface area contributed by atoms with Gasteiger partial charge in [-0.3, -0.25) is 0 Å². The first kappa shape index (κ1) is 20.8. The van der Waals surface area contributed by atoms with Crippen LogP contribution < -0.4 is 4.74 Å². The number of aromatic nitrogens is 1. The fourth-order valence-electron chi connectivity index (χ4n) is 3.89. The van der Waals surface area contributed by atoms with E-state index in [1.54, 1.807) is 16.1 Å². The lowest BCUT2D eigenvalue weighted by Crippen LogP contribution is -2.47. The molecule has 10 heteroatoms. The highest BCUT2D eigenvalue weighted by atomic mass is 19.4. The molecule has 0 unspecified atom stereocenters. The second-order valence-corrected chi connectivity index (χ2v) is 7.39. The summed E-state index contributed by atoms with van der Waals surface area (Å²) in [5, 5.41) is 13.5. The van der Waals surface area contributed by atoms with Gasteiger partial charge in [0, 0.05) is 31.6 Å². The van der Waals surface area contributed by atoms with Gasteiger partial charge in [-0.25, -0.2) is 4.79 Å². The topological polar surface area (TPSA) is 82.6 Å². The zero-order valence-electron chi connectivity index (χ0n) is 16.5. The standard InChI is InChI=1S/C21H19F3N4O3/c22-21(23,24)31-17-3-1-14(2-4-17)18(11-25)15-5-8-27(9-6-15)20(29)28-10-7-19-16(12-28)13-30-26-19/h1-4,13H,5-10,12H2. The smallest absolute Gasteiger partial charge is 0.406 e. The predicted octanol–water partition coefficient (Wildman–Crippen LogP) is 4.12. The molecule has 7 nitrogen and oxygen atoms in total. The molecule has 2 aliphatic rings. The summed E-state index contributed by atoms with van der Waals surface area (Å²) in [4.78, 5) is 16.4. The van der Waals surface area contributed by atoms with E-state index in [-0.39, 0.29) is 11.8 Å². The van der Waals surface area contributed by atoms with Gasteiger partial charge in [-0.2, -0.15) is 5.26 Å². The minimum absolute atomic E-state index is 0.0574. The molecule has 0 atom stereocenters. The molecule has 4 rings (SSSR count). The lowest BCUT2D eigenvalue weighted by Gasteiger charge is -2.35. The average Bonchev–Trinajstić information content (AvgIpc) is 3.22. The summed E-state index contributed by atoms with van der Waals surface area (Å²) in [6.45, 7) is 1.99. The zero-order chi connectivity index (χ0) is 22.0. The van der Waals surface area contributed by atoms with Gasteiger partial charge in [-0.1, -0.05) is 5.16 Å². The number of halogens is 3. The number of rotatable bonds is 2. The first-order valence-corrected chi connectivity index (χ1v) is 9.78. The van der Waals surface area contributed by atoms with Crippen molar-refractivity contribution >= 4 is 11.6 Å². The lowest BCUT2D eigenvalue weighted by atomic mass is 9.94. The van der Waals surface area contributed by atoms with Crippen LogP contribution >= 0.6 is 0 Å². The van der Waals surface area contributed by atoms with E-state index in [1.807, 2.05) is 0 Å². The molecule has 2 aromatic rings. The number of fused-ring (bicyclic) bond motifs is 1. The Bertz CT molecular complexity index is 1030. The molecular weight excluding hydrogens is 413 g/mol. The van der Waals surface area contributed by atoms with Crippen molar-refractivity contribution in [2.75, 3.05) is 19.6 Å². The number of likely N-dealkylation sites (tertiary alicyclic amines) is 1. The lowest BCUT2D eigenvalue weighted by molar-refractivity contribution is -0.274. The minimum atomic E-state index is -4.76. The quantitative estimate of drug-likeness (QED) is 0.667. The summed E-state index contributed by atoms with van der Waals surface area (Å²) in [6.07, 6.45) is -1.48. The summed E-state index contributed by atoms with van der Waals surface area (Å²) < 4.78 is 45.8. The molecule has 0 saturated carbocycles. The van der Waals surface area contributed by atoms with E-state index in [0.29, 0.717) is 56.6 Å². The van der Waals surface area contributed by atoms with Crippen LogP contribution in [0.5, 0.6) is 5.75 Å². The number of carbonyl (C=O) groups is 1. The van der Waals surface area contributed by atoms with Crippen LogP contribution in [0.4, 0.5) is 18.0 Å². The van der Waals surface area contributed by atoms with E-state index in [2.05, 4.69) is 16.0 Å². The number of hydrogen-bond acceptors (Lipinski definition) is 5. The number of alkyl halides is 3. The molecule has 0 aliphatic carbocycles. The number of amides is 2. The summed E-state index contributed by atoms with van der Waals surface area (Å²) in [6, 6.07) is 7.36. The van der Waals surface area contributed by atoms with Gasteiger partial charge >= 0.3 is 12.4 Å². The van der Waals surface area contributed by atoms with Crippen molar-refractivity contribution in [1.82, 2.24) is 15.0 Å². The van der Waals surface area contributed by atoms with Gasteiger partial charge < -0.3 is 19.1 Å². The average molecular weight is 432 g/mol. The van der Waals surface area contributed by atoms with Gasteiger partial charge in [0.15, 0.2) is 0 Å².